The van der Waals surface area contributed by atoms with E-state index >= 15 is 0 Å². The largest absolute Gasteiger partial charge is 0.481 e. The van der Waals surface area contributed by atoms with Crippen molar-refractivity contribution in [3.05, 3.63) is 18.3 Å². The first-order valence-corrected chi connectivity index (χ1v) is 4.80. The van der Waals surface area contributed by atoms with Crippen LogP contribution < -0.4 is 4.90 Å². The van der Waals surface area contributed by atoms with Crippen LogP contribution in [0.3, 0.4) is 0 Å². The molecule has 2 heterocycles. The highest BCUT2D eigenvalue weighted by molar-refractivity contribution is 5.77. The van der Waals surface area contributed by atoms with Crippen LogP contribution in [-0.4, -0.2) is 42.9 Å². The van der Waals surface area contributed by atoms with Crippen LogP contribution in [0.1, 0.15) is 0 Å². The van der Waals surface area contributed by atoms with E-state index in [2.05, 4.69) is 4.98 Å². The summed E-state index contributed by atoms with van der Waals surface area (Å²) in [5.41, 5.74) is -0.736. The van der Waals surface area contributed by atoms with Crippen molar-refractivity contribution in [1.82, 2.24) is 4.98 Å². The molecule has 0 amide bonds. The zero-order valence-corrected chi connectivity index (χ0v) is 8.56. The van der Waals surface area contributed by atoms with Crippen LogP contribution in [0.4, 0.5) is 5.82 Å². The van der Waals surface area contributed by atoms with Crippen LogP contribution in [0.25, 0.3) is 0 Å². The number of carboxylic acids is 1. The lowest BCUT2D eigenvalue weighted by Gasteiger charge is -2.40. The van der Waals surface area contributed by atoms with Gasteiger partial charge in [0.2, 0.25) is 0 Å². The van der Waals surface area contributed by atoms with Gasteiger partial charge in [0, 0.05) is 19.8 Å². The van der Waals surface area contributed by atoms with Gasteiger partial charge in [0.15, 0.2) is 0 Å². The SMILES string of the molecule is CN(CC1(C(=O)O)COC1)c1ccc[nH]1. The zero-order valence-electron chi connectivity index (χ0n) is 8.56. The molecule has 5 heteroatoms. The Labute approximate surface area is 87.7 Å². The molecule has 0 unspecified atom stereocenters. The van der Waals surface area contributed by atoms with Crippen molar-refractivity contribution in [2.24, 2.45) is 5.41 Å². The number of aliphatic carboxylic acids is 1. The maximum atomic E-state index is 11.1. The number of hydrogen-bond donors (Lipinski definition) is 2. The van der Waals surface area contributed by atoms with Crippen LogP contribution in [0, 0.1) is 5.41 Å². The van der Waals surface area contributed by atoms with E-state index < -0.39 is 11.4 Å². The molecular formula is C10H14N2O3. The molecule has 0 aliphatic carbocycles. The molecule has 5 nitrogen and oxygen atoms in total. The fraction of sp³-hybridized carbons (Fsp3) is 0.500. The summed E-state index contributed by atoms with van der Waals surface area (Å²) in [6.45, 7) is 1.06. The Morgan fingerprint density at radius 1 is 1.73 bits per heavy atom. The summed E-state index contributed by atoms with van der Waals surface area (Å²) >= 11 is 0. The third-order valence-electron chi connectivity index (χ3n) is 2.74. The smallest absolute Gasteiger partial charge is 0.316 e. The van der Waals surface area contributed by atoms with Crippen LogP contribution in [0.15, 0.2) is 18.3 Å². The molecule has 1 fully saturated rings. The number of nitrogens with one attached hydrogen (secondary N) is 1. The third-order valence-corrected chi connectivity index (χ3v) is 2.74. The molecule has 15 heavy (non-hydrogen) atoms. The van der Waals surface area contributed by atoms with Crippen LogP contribution >= 0.6 is 0 Å². The third kappa shape index (κ3) is 1.70. The highest BCUT2D eigenvalue weighted by Gasteiger charge is 2.47. The second kappa shape index (κ2) is 3.58. The van der Waals surface area contributed by atoms with Gasteiger partial charge in [-0.15, -0.1) is 0 Å². The topological polar surface area (TPSA) is 65.6 Å². The number of carboxylic acid groups (broad SMARTS) is 1. The monoisotopic (exact) mass is 210 g/mol. The molecule has 0 radical (unpaired) electrons. The quantitative estimate of drug-likeness (QED) is 0.761. The lowest BCUT2D eigenvalue weighted by Crippen LogP contribution is -2.55. The van der Waals surface area contributed by atoms with Gasteiger partial charge in [-0.25, -0.2) is 0 Å². The lowest BCUT2D eigenvalue weighted by molar-refractivity contribution is -0.177. The van der Waals surface area contributed by atoms with Gasteiger partial charge in [0.05, 0.1) is 13.2 Å². The fourth-order valence-corrected chi connectivity index (χ4v) is 1.73. The molecule has 2 N–H and O–H groups in total. The molecule has 1 saturated heterocycles. The Kier molecular flexibility index (Phi) is 2.40. The first-order valence-electron chi connectivity index (χ1n) is 4.80. The molecule has 0 saturated carbocycles. The highest BCUT2D eigenvalue weighted by Crippen LogP contribution is 2.29. The zero-order chi connectivity index (χ0) is 10.9. The van der Waals surface area contributed by atoms with Gasteiger partial charge in [-0.3, -0.25) is 4.79 Å². The van der Waals surface area contributed by atoms with Crippen molar-refractivity contribution in [3.8, 4) is 0 Å². The first-order chi connectivity index (χ1) is 7.14. The maximum Gasteiger partial charge on any atom is 0.316 e. The summed E-state index contributed by atoms with van der Waals surface area (Å²) in [5.74, 6) is 0.134. The number of rotatable bonds is 4. The predicted octanol–water partition coefficient (Wildman–Crippen LogP) is 0.552. The Morgan fingerprint density at radius 3 is 2.87 bits per heavy atom. The van der Waals surface area contributed by atoms with Crippen molar-refractivity contribution < 1.29 is 14.6 Å². The molecular weight excluding hydrogens is 196 g/mol. The average molecular weight is 210 g/mol. The normalized spacial score (nSPS) is 18.2. The van der Waals surface area contributed by atoms with Gasteiger partial charge in [-0.2, -0.15) is 0 Å². The van der Waals surface area contributed by atoms with E-state index in [1.807, 2.05) is 30.3 Å². The van der Waals surface area contributed by atoms with E-state index in [1.165, 1.54) is 0 Å². The number of H-pyrrole nitrogens is 1. The summed E-state index contributed by atoms with van der Waals surface area (Å²) in [6, 6.07) is 3.80. The maximum absolute atomic E-state index is 11.1. The molecule has 1 aliphatic heterocycles. The van der Waals surface area contributed by atoms with E-state index in [4.69, 9.17) is 9.84 Å². The summed E-state index contributed by atoms with van der Waals surface area (Å²) in [7, 11) is 1.87. The van der Waals surface area contributed by atoms with E-state index in [9.17, 15) is 4.79 Å². The van der Waals surface area contributed by atoms with Gasteiger partial charge in [0.1, 0.15) is 11.2 Å². The number of aromatic amines is 1. The van der Waals surface area contributed by atoms with Gasteiger partial charge in [-0.05, 0) is 12.1 Å². The summed E-state index contributed by atoms with van der Waals surface area (Å²) < 4.78 is 5.00. The lowest BCUT2D eigenvalue weighted by atomic mass is 9.85. The number of ether oxygens (including phenoxy) is 1. The molecule has 1 aliphatic rings. The van der Waals surface area contributed by atoms with Gasteiger partial charge < -0.3 is 19.7 Å². The van der Waals surface area contributed by atoms with E-state index in [-0.39, 0.29) is 0 Å². The number of carbonyl (C=O) groups is 1. The molecule has 1 aromatic rings. The van der Waals surface area contributed by atoms with Crippen molar-refractivity contribution in [1.29, 1.82) is 0 Å². The Morgan fingerprint density at radius 2 is 2.47 bits per heavy atom. The van der Waals surface area contributed by atoms with Crippen molar-refractivity contribution >= 4 is 11.8 Å². The number of anilines is 1. The summed E-state index contributed by atoms with van der Waals surface area (Å²) in [4.78, 5) is 16.0. The van der Waals surface area contributed by atoms with Gasteiger partial charge in [-0.1, -0.05) is 0 Å². The van der Waals surface area contributed by atoms with E-state index in [0.29, 0.717) is 19.8 Å². The molecule has 82 valence electrons. The molecule has 0 atom stereocenters. The standard InChI is InChI=1S/C10H14N2O3/c1-12(8-3-2-4-11-8)5-10(9(13)14)6-15-7-10/h2-4,11H,5-7H2,1H3,(H,13,14). The van der Waals surface area contributed by atoms with Crippen molar-refractivity contribution in [2.75, 3.05) is 31.7 Å². The summed E-state index contributed by atoms with van der Waals surface area (Å²) in [6.07, 6.45) is 1.82. The Balaban J connectivity index is 2.04. The number of nitrogens with zero attached hydrogens (tertiary/aromatic N) is 1. The van der Waals surface area contributed by atoms with Crippen molar-refractivity contribution in [2.45, 2.75) is 0 Å². The van der Waals surface area contributed by atoms with E-state index in [1.54, 1.807) is 0 Å². The average Bonchev–Trinajstić information content (AvgIpc) is 2.62. The Bertz CT molecular complexity index is 344. The summed E-state index contributed by atoms with van der Waals surface area (Å²) in [5, 5.41) is 9.11. The van der Waals surface area contributed by atoms with Crippen LogP contribution in [0.2, 0.25) is 0 Å². The second-order valence-corrected chi connectivity index (χ2v) is 3.99. The van der Waals surface area contributed by atoms with E-state index in [0.717, 1.165) is 5.82 Å². The minimum absolute atomic E-state index is 0.299. The minimum atomic E-state index is -0.785. The number of hydrogen-bond acceptors (Lipinski definition) is 3. The first kappa shape index (κ1) is 10.0. The van der Waals surface area contributed by atoms with Crippen molar-refractivity contribution in [3.63, 3.8) is 0 Å². The fourth-order valence-electron chi connectivity index (χ4n) is 1.73. The number of aromatic nitrogens is 1. The molecule has 2 rings (SSSR count). The predicted molar refractivity (Wildman–Crippen MR) is 55.0 cm³/mol. The Hall–Kier alpha value is -1.49. The molecule has 0 bridgehead atoms. The van der Waals surface area contributed by atoms with Gasteiger partial charge in [0.25, 0.3) is 0 Å². The molecule has 0 aromatic carbocycles. The molecule has 0 spiro atoms. The minimum Gasteiger partial charge on any atom is -0.481 e. The second-order valence-electron chi connectivity index (χ2n) is 3.99. The van der Waals surface area contributed by atoms with Crippen LogP contribution in [0.5, 0.6) is 0 Å². The molecule has 1 aromatic heterocycles. The van der Waals surface area contributed by atoms with Gasteiger partial charge >= 0.3 is 5.97 Å². The van der Waals surface area contributed by atoms with Crippen LogP contribution in [-0.2, 0) is 9.53 Å². The highest BCUT2D eigenvalue weighted by atomic mass is 16.5.